The van der Waals surface area contributed by atoms with E-state index < -0.39 is 15.3 Å². The summed E-state index contributed by atoms with van der Waals surface area (Å²) in [6, 6.07) is 11.2. The van der Waals surface area contributed by atoms with E-state index in [-0.39, 0.29) is 29.2 Å². The number of sulfonamides is 1. The molecule has 0 radical (unpaired) electrons. The average molecular weight is 591 g/mol. The molecular weight excluding hydrogens is 552 g/mol. The van der Waals surface area contributed by atoms with Gasteiger partial charge in [0.15, 0.2) is 5.17 Å². The van der Waals surface area contributed by atoms with Gasteiger partial charge in [-0.15, -0.1) is 0 Å². The molecule has 0 aliphatic carbocycles. The number of ether oxygens (including phenoxy) is 2. The zero-order chi connectivity index (χ0) is 29.6. The van der Waals surface area contributed by atoms with E-state index in [9.17, 15) is 18.0 Å². The molecule has 0 bridgehead atoms. The van der Waals surface area contributed by atoms with Crippen molar-refractivity contribution in [1.82, 2.24) is 9.21 Å². The van der Waals surface area contributed by atoms with Gasteiger partial charge in [0.05, 0.1) is 30.5 Å². The van der Waals surface area contributed by atoms with Crippen LogP contribution in [0.25, 0.3) is 0 Å². The summed E-state index contributed by atoms with van der Waals surface area (Å²) in [5.41, 5.74) is 0.850. The summed E-state index contributed by atoms with van der Waals surface area (Å²) >= 11 is 1.21. The fourth-order valence-corrected chi connectivity index (χ4v) is 6.31. The van der Waals surface area contributed by atoms with E-state index in [1.807, 2.05) is 6.92 Å². The molecule has 3 rings (SSSR count). The van der Waals surface area contributed by atoms with Crippen LogP contribution in [0.3, 0.4) is 0 Å². The topological polar surface area (TPSA) is 118 Å². The van der Waals surface area contributed by atoms with Crippen LogP contribution in [0.4, 0.5) is 11.4 Å². The summed E-state index contributed by atoms with van der Waals surface area (Å²) in [4.78, 5) is 33.1. The van der Waals surface area contributed by atoms with Crippen LogP contribution in [0.15, 0.2) is 52.4 Å². The highest BCUT2D eigenvalue weighted by Crippen LogP contribution is 2.36. The van der Waals surface area contributed by atoms with Crippen LogP contribution in [-0.4, -0.2) is 74.2 Å². The molecule has 12 heteroatoms. The first kappa shape index (κ1) is 31.4. The summed E-state index contributed by atoms with van der Waals surface area (Å²) in [7, 11) is 2.31. The third-order valence-corrected chi connectivity index (χ3v) is 9.40. The zero-order valence-corrected chi connectivity index (χ0v) is 25.6. The fourth-order valence-electron chi connectivity index (χ4n) is 4.12. The lowest BCUT2D eigenvalue weighted by atomic mass is 10.0. The number of benzene rings is 2. The first-order valence-corrected chi connectivity index (χ1v) is 15.3. The van der Waals surface area contributed by atoms with Crippen molar-refractivity contribution in [2.24, 2.45) is 10.9 Å². The van der Waals surface area contributed by atoms with Crippen molar-refractivity contribution in [3.63, 3.8) is 0 Å². The molecule has 2 atom stereocenters. The minimum Gasteiger partial charge on any atom is -0.497 e. The number of hydrogen-bond donors (Lipinski definition) is 1. The van der Waals surface area contributed by atoms with E-state index >= 15 is 0 Å². The molecule has 2 aromatic rings. The third-order valence-electron chi connectivity index (χ3n) is 6.44. The molecule has 2 amide bonds. The highest BCUT2D eigenvalue weighted by atomic mass is 32.2. The number of nitrogens with zero attached hydrogens (tertiary/aromatic N) is 3. The number of nitrogens with one attached hydrogen (secondary N) is 1. The van der Waals surface area contributed by atoms with Gasteiger partial charge in [0.2, 0.25) is 21.8 Å². The molecule has 218 valence electrons. The van der Waals surface area contributed by atoms with Gasteiger partial charge in [-0.1, -0.05) is 31.7 Å². The molecule has 2 aromatic carbocycles. The largest absolute Gasteiger partial charge is 0.497 e. The molecule has 40 heavy (non-hydrogen) atoms. The molecule has 0 spiro atoms. The van der Waals surface area contributed by atoms with Crippen LogP contribution in [0.5, 0.6) is 11.5 Å². The molecule has 1 aliphatic heterocycles. The van der Waals surface area contributed by atoms with E-state index in [1.165, 1.54) is 52.2 Å². The first-order chi connectivity index (χ1) is 18.9. The molecule has 1 heterocycles. The third kappa shape index (κ3) is 7.55. The average Bonchev–Trinajstić information content (AvgIpc) is 3.20. The number of hydrogen-bond acceptors (Lipinski definition) is 8. The SMILES string of the molecule is COc1ccc(OC)c(NC(=O)CC2SC(=Nc3cccc(S(=O)(=O)N(C)C)c3)N(C(C)CCC(C)C)C2=O)c1. The number of amides is 2. The Balaban J connectivity index is 1.89. The number of amidine groups is 1. The Morgan fingerprint density at radius 1 is 1.10 bits per heavy atom. The van der Waals surface area contributed by atoms with Gasteiger partial charge in [-0.25, -0.2) is 17.7 Å². The van der Waals surface area contributed by atoms with Gasteiger partial charge in [-0.3, -0.25) is 14.5 Å². The number of thioether (sulfide) groups is 1. The predicted molar refractivity (Wildman–Crippen MR) is 159 cm³/mol. The standard InChI is InChI=1S/C28H38N4O6S2/c1-18(2)11-12-19(3)32-27(34)25(17-26(33)30-23-16-21(37-6)13-14-24(23)38-7)39-28(32)29-20-9-8-10-22(15-20)40(35,36)31(4)5/h8-10,13-16,18-19,25H,11-12,17H2,1-7H3,(H,30,33). The fraction of sp³-hybridized carbons (Fsp3) is 0.464. The van der Waals surface area contributed by atoms with Crippen molar-refractivity contribution in [1.29, 1.82) is 0 Å². The van der Waals surface area contributed by atoms with E-state index in [2.05, 4.69) is 19.2 Å². The summed E-state index contributed by atoms with van der Waals surface area (Å²) in [5, 5.41) is 2.58. The summed E-state index contributed by atoms with van der Waals surface area (Å²) in [6.07, 6.45) is 1.60. The number of methoxy groups -OCH3 is 2. The summed E-state index contributed by atoms with van der Waals surface area (Å²) < 4.78 is 37.0. The van der Waals surface area contributed by atoms with Crippen molar-refractivity contribution >= 4 is 50.1 Å². The minimum atomic E-state index is -3.65. The van der Waals surface area contributed by atoms with Gasteiger partial charge < -0.3 is 14.8 Å². The Hall–Kier alpha value is -3.09. The van der Waals surface area contributed by atoms with E-state index in [0.29, 0.717) is 34.0 Å². The van der Waals surface area contributed by atoms with Crippen LogP contribution in [-0.2, 0) is 19.6 Å². The predicted octanol–water partition coefficient (Wildman–Crippen LogP) is 4.74. The Kier molecular flexibility index (Phi) is 10.6. The van der Waals surface area contributed by atoms with Crippen molar-refractivity contribution in [2.75, 3.05) is 33.6 Å². The van der Waals surface area contributed by atoms with Crippen LogP contribution < -0.4 is 14.8 Å². The number of aliphatic imine (C=N–C) groups is 1. The van der Waals surface area contributed by atoms with Gasteiger partial charge in [0, 0.05) is 32.6 Å². The van der Waals surface area contributed by atoms with Gasteiger partial charge in [0.25, 0.3) is 0 Å². The van der Waals surface area contributed by atoms with Crippen LogP contribution in [0.2, 0.25) is 0 Å². The highest BCUT2D eigenvalue weighted by molar-refractivity contribution is 8.15. The molecule has 10 nitrogen and oxygen atoms in total. The number of carbonyl (C=O) groups is 2. The van der Waals surface area contributed by atoms with Crippen molar-refractivity contribution in [3.05, 3.63) is 42.5 Å². The van der Waals surface area contributed by atoms with Gasteiger partial charge in [-0.05, 0) is 56.0 Å². The maximum absolute atomic E-state index is 13.6. The molecule has 1 saturated heterocycles. The summed E-state index contributed by atoms with van der Waals surface area (Å²) in [5.74, 6) is 0.927. The molecule has 1 fully saturated rings. The highest BCUT2D eigenvalue weighted by Gasteiger charge is 2.41. The Morgan fingerprint density at radius 3 is 2.45 bits per heavy atom. The lowest BCUT2D eigenvalue weighted by Crippen LogP contribution is -2.40. The number of carbonyl (C=O) groups excluding carboxylic acids is 2. The summed E-state index contributed by atoms with van der Waals surface area (Å²) in [6.45, 7) is 6.21. The van der Waals surface area contributed by atoms with Crippen molar-refractivity contribution in [2.45, 2.75) is 56.2 Å². The van der Waals surface area contributed by atoms with Gasteiger partial charge in [-0.2, -0.15) is 0 Å². The monoisotopic (exact) mass is 590 g/mol. The second-order valence-corrected chi connectivity index (χ2v) is 13.5. The zero-order valence-electron chi connectivity index (χ0n) is 24.0. The Bertz CT molecular complexity index is 1360. The second-order valence-electron chi connectivity index (χ2n) is 10.1. The normalized spacial score (nSPS) is 17.5. The van der Waals surface area contributed by atoms with E-state index in [1.54, 1.807) is 35.2 Å². The Morgan fingerprint density at radius 2 is 1.82 bits per heavy atom. The van der Waals surface area contributed by atoms with Crippen molar-refractivity contribution < 1.29 is 27.5 Å². The van der Waals surface area contributed by atoms with Gasteiger partial charge >= 0.3 is 0 Å². The van der Waals surface area contributed by atoms with Crippen LogP contribution >= 0.6 is 11.8 Å². The molecule has 1 N–H and O–H groups in total. The lowest BCUT2D eigenvalue weighted by molar-refractivity contribution is -0.129. The molecular formula is C28H38N4O6S2. The van der Waals surface area contributed by atoms with E-state index in [0.717, 1.165) is 17.1 Å². The van der Waals surface area contributed by atoms with Crippen LogP contribution in [0.1, 0.15) is 40.0 Å². The molecule has 0 saturated carbocycles. The van der Waals surface area contributed by atoms with Crippen molar-refractivity contribution in [3.8, 4) is 11.5 Å². The molecule has 0 aromatic heterocycles. The quantitative estimate of drug-likeness (QED) is 0.379. The van der Waals surface area contributed by atoms with Gasteiger partial charge in [0.1, 0.15) is 16.7 Å². The maximum Gasteiger partial charge on any atom is 0.242 e. The molecule has 1 aliphatic rings. The lowest BCUT2D eigenvalue weighted by Gasteiger charge is -2.25. The van der Waals surface area contributed by atoms with E-state index in [4.69, 9.17) is 14.5 Å². The Labute approximate surface area is 241 Å². The smallest absolute Gasteiger partial charge is 0.242 e. The van der Waals surface area contributed by atoms with Crippen LogP contribution in [0, 0.1) is 5.92 Å². The first-order valence-electron chi connectivity index (χ1n) is 13.0. The second kappa shape index (κ2) is 13.5. The molecule has 2 unspecified atom stereocenters. The minimum absolute atomic E-state index is 0.0780. The number of anilines is 1. The number of rotatable bonds is 12. The maximum atomic E-state index is 13.6.